The highest BCUT2D eigenvalue weighted by Crippen LogP contribution is 2.29. The van der Waals surface area contributed by atoms with Crippen LogP contribution in [-0.4, -0.2) is 69.8 Å². The Bertz CT molecular complexity index is 1450. The highest BCUT2D eigenvalue weighted by Gasteiger charge is 2.38. The van der Waals surface area contributed by atoms with Gasteiger partial charge in [-0.3, -0.25) is 19.2 Å². The Morgan fingerprint density at radius 1 is 0.953 bits per heavy atom. The Morgan fingerprint density at radius 2 is 1.65 bits per heavy atom. The van der Waals surface area contributed by atoms with Crippen LogP contribution in [0.2, 0.25) is 0 Å². The summed E-state index contributed by atoms with van der Waals surface area (Å²) < 4.78 is -0.681. The van der Waals surface area contributed by atoms with E-state index in [-0.39, 0.29) is 6.42 Å². The highest BCUT2D eigenvalue weighted by molar-refractivity contribution is 8.03. The fourth-order valence-corrected chi connectivity index (χ4v) is 7.38. The molecule has 1 fully saturated rings. The fraction of sp³-hybridized carbons (Fsp3) is 0.375. The molecule has 4 amide bonds. The molecule has 1 saturated heterocycles. The zero-order valence-electron chi connectivity index (χ0n) is 24.4. The summed E-state index contributed by atoms with van der Waals surface area (Å²) in [5.41, 5.74) is 13.8. The maximum Gasteiger partial charge on any atom is 0.244 e. The molecule has 1 unspecified atom stereocenters. The van der Waals surface area contributed by atoms with E-state index in [9.17, 15) is 19.2 Å². The Labute approximate surface area is 260 Å². The normalized spacial score (nSPS) is 22.2. The van der Waals surface area contributed by atoms with Crippen molar-refractivity contribution in [2.75, 3.05) is 17.3 Å². The summed E-state index contributed by atoms with van der Waals surface area (Å²) >= 11 is 3.02. The molecule has 0 saturated carbocycles. The summed E-state index contributed by atoms with van der Waals surface area (Å²) in [6, 6.07) is 19.3. The molecule has 0 bridgehead atoms. The van der Waals surface area contributed by atoms with Crippen molar-refractivity contribution in [1.82, 2.24) is 16.0 Å². The highest BCUT2D eigenvalue weighted by atomic mass is 32.2. The molecule has 0 aromatic heterocycles. The Hall–Kier alpha value is -3.54. The smallest absolute Gasteiger partial charge is 0.244 e. The first-order valence-electron chi connectivity index (χ1n) is 14.2. The minimum Gasteiger partial charge on any atom is -0.368 e. The van der Waals surface area contributed by atoms with Crippen LogP contribution in [0.15, 0.2) is 72.8 Å². The molecule has 11 heteroatoms. The number of thioether (sulfide) groups is 2. The van der Waals surface area contributed by atoms with Gasteiger partial charge in [0.15, 0.2) is 0 Å². The first kappa shape index (κ1) is 32.4. The SMILES string of the molecule is CC1(C)SCCSCC(NC(=O)[C@@H](N)Cc2cccc3ccccc23)C(=O)N[C@@H](Cc2ccccc2)C(=O)N[C@H]1C(N)=O. The quantitative estimate of drug-likeness (QED) is 0.271. The van der Waals surface area contributed by atoms with Gasteiger partial charge >= 0.3 is 0 Å². The number of amides is 4. The van der Waals surface area contributed by atoms with Crippen LogP contribution in [0.1, 0.15) is 25.0 Å². The van der Waals surface area contributed by atoms with Gasteiger partial charge in [-0.2, -0.15) is 23.5 Å². The predicted octanol–water partition coefficient (Wildman–Crippen LogP) is 2.15. The minimum absolute atomic E-state index is 0.186. The van der Waals surface area contributed by atoms with E-state index in [4.69, 9.17) is 11.5 Å². The van der Waals surface area contributed by atoms with E-state index < -0.39 is 52.5 Å². The zero-order valence-corrected chi connectivity index (χ0v) is 26.0. The first-order chi connectivity index (χ1) is 20.5. The van der Waals surface area contributed by atoms with E-state index in [1.807, 2.05) is 86.6 Å². The third-order valence-corrected chi connectivity index (χ3v) is 10.2. The Balaban J connectivity index is 1.54. The van der Waals surface area contributed by atoms with Gasteiger partial charge in [-0.05, 0) is 42.2 Å². The molecule has 1 aliphatic rings. The summed E-state index contributed by atoms with van der Waals surface area (Å²) in [6.07, 6.45) is 0.486. The van der Waals surface area contributed by atoms with Gasteiger partial charge in [0.1, 0.15) is 18.1 Å². The van der Waals surface area contributed by atoms with Crippen LogP contribution in [0.4, 0.5) is 0 Å². The maximum atomic E-state index is 13.6. The lowest BCUT2D eigenvalue weighted by Gasteiger charge is -2.33. The summed E-state index contributed by atoms with van der Waals surface area (Å²) in [4.78, 5) is 52.9. The average Bonchev–Trinajstić information content (AvgIpc) is 2.99. The van der Waals surface area contributed by atoms with E-state index in [0.29, 0.717) is 23.7 Å². The standard InChI is InChI=1S/C32H39N5O4S2/c1-32(2)27(28(34)38)37-30(40)25(17-20-9-4-3-5-10-20)35-31(41)26(19-42-15-16-43-32)36-29(39)24(33)18-22-13-8-12-21-11-6-7-14-23(21)22/h3-14,24-27H,15-19,33H2,1-2H3,(H2,34,38)(H,35,41)(H,36,39)(H,37,40)/t24-,25-,26?,27-/m0/s1. The lowest BCUT2D eigenvalue weighted by atomic mass is 9.98. The Kier molecular flexibility index (Phi) is 11.1. The van der Waals surface area contributed by atoms with Crippen molar-refractivity contribution in [3.8, 4) is 0 Å². The molecule has 43 heavy (non-hydrogen) atoms. The molecular formula is C32H39N5O4S2. The molecule has 0 aliphatic carbocycles. The van der Waals surface area contributed by atoms with Crippen molar-refractivity contribution in [3.63, 3.8) is 0 Å². The predicted molar refractivity (Wildman–Crippen MR) is 175 cm³/mol. The third kappa shape index (κ3) is 8.75. The molecule has 4 rings (SSSR count). The number of hydrogen-bond acceptors (Lipinski definition) is 7. The lowest BCUT2D eigenvalue weighted by molar-refractivity contribution is -0.133. The number of nitrogens with two attached hydrogens (primary N) is 2. The van der Waals surface area contributed by atoms with E-state index in [1.54, 1.807) is 0 Å². The van der Waals surface area contributed by atoms with Crippen LogP contribution >= 0.6 is 23.5 Å². The summed E-state index contributed by atoms with van der Waals surface area (Å²) in [6.45, 7) is 3.73. The molecule has 1 aliphatic heterocycles. The van der Waals surface area contributed by atoms with Crippen molar-refractivity contribution >= 4 is 57.9 Å². The van der Waals surface area contributed by atoms with Crippen molar-refractivity contribution in [1.29, 1.82) is 0 Å². The molecule has 1 heterocycles. The second kappa shape index (κ2) is 14.8. The van der Waals surface area contributed by atoms with Gasteiger partial charge in [-0.1, -0.05) is 72.8 Å². The molecule has 0 spiro atoms. The van der Waals surface area contributed by atoms with Gasteiger partial charge in [0.2, 0.25) is 23.6 Å². The first-order valence-corrected chi connectivity index (χ1v) is 16.4. The van der Waals surface area contributed by atoms with Crippen molar-refractivity contribution in [2.45, 2.75) is 55.6 Å². The second-order valence-electron chi connectivity index (χ2n) is 11.1. The number of fused-ring (bicyclic) bond motifs is 1. The fourth-order valence-electron chi connectivity index (χ4n) is 5.07. The van der Waals surface area contributed by atoms with E-state index in [1.165, 1.54) is 23.5 Å². The summed E-state index contributed by atoms with van der Waals surface area (Å²) in [5.74, 6) is -0.542. The maximum absolute atomic E-state index is 13.6. The van der Waals surface area contributed by atoms with Gasteiger partial charge in [0.05, 0.1) is 6.04 Å². The van der Waals surface area contributed by atoms with Crippen LogP contribution in [0.5, 0.6) is 0 Å². The molecule has 4 atom stereocenters. The average molecular weight is 622 g/mol. The molecule has 3 aromatic carbocycles. The second-order valence-corrected chi connectivity index (χ2v) is 14.0. The van der Waals surface area contributed by atoms with Crippen molar-refractivity contribution in [2.24, 2.45) is 11.5 Å². The summed E-state index contributed by atoms with van der Waals surface area (Å²) in [5, 5.41) is 10.5. The minimum atomic E-state index is -1.01. The van der Waals surface area contributed by atoms with Crippen LogP contribution in [0.3, 0.4) is 0 Å². The van der Waals surface area contributed by atoms with Gasteiger partial charge in [0.25, 0.3) is 0 Å². The number of carbonyl (C=O) groups is 4. The largest absolute Gasteiger partial charge is 0.368 e. The summed E-state index contributed by atoms with van der Waals surface area (Å²) in [7, 11) is 0. The van der Waals surface area contributed by atoms with Crippen LogP contribution in [0.25, 0.3) is 10.8 Å². The molecule has 9 nitrogen and oxygen atoms in total. The number of hydrogen-bond donors (Lipinski definition) is 5. The number of carbonyl (C=O) groups excluding carboxylic acids is 4. The molecular weight excluding hydrogens is 583 g/mol. The molecule has 3 aromatic rings. The van der Waals surface area contributed by atoms with Crippen LogP contribution < -0.4 is 27.4 Å². The van der Waals surface area contributed by atoms with Crippen molar-refractivity contribution in [3.05, 3.63) is 83.9 Å². The van der Waals surface area contributed by atoms with E-state index in [2.05, 4.69) is 16.0 Å². The van der Waals surface area contributed by atoms with Gasteiger partial charge in [-0.15, -0.1) is 0 Å². The molecule has 0 radical (unpaired) electrons. The van der Waals surface area contributed by atoms with E-state index in [0.717, 1.165) is 21.9 Å². The van der Waals surface area contributed by atoms with E-state index >= 15 is 0 Å². The number of nitrogens with one attached hydrogen (secondary N) is 3. The Morgan fingerprint density at radius 3 is 2.40 bits per heavy atom. The van der Waals surface area contributed by atoms with Gasteiger partial charge in [0, 0.05) is 28.4 Å². The van der Waals surface area contributed by atoms with Gasteiger partial charge in [-0.25, -0.2) is 0 Å². The molecule has 7 N–H and O–H groups in total. The lowest BCUT2D eigenvalue weighted by Crippen LogP contribution is -2.61. The van der Waals surface area contributed by atoms with Crippen LogP contribution in [0, 0.1) is 0 Å². The monoisotopic (exact) mass is 621 g/mol. The zero-order chi connectivity index (χ0) is 31.0. The number of benzene rings is 3. The number of rotatable bonds is 7. The van der Waals surface area contributed by atoms with Crippen LogP contribution in [-0.2, 0) is 32.0 Å². The third-order valence-electron chi connectivity index (χ3n) is 7.46. The number of primary amides is 1. The van der Waals surface area contributed by atoms with Gasteiger partial charge < -0.3 is 27.4 Å². The van der Waals surface area contributed by atoms with Crippen molar-refractivity contribution < 1.29 is 19.2 Å². The topological polar surface area (TPSA) is 156 Å². The molecule has 228 valence electrons.